The maximum Gasteiger partial charge on any atom is 0.388 e. The number of nitro groups is 1. The predicted octanol–water partition coefficient (Wildman–Crippen LogP) is 2.74. The average molecular weight is 329 g/mol. The number of esters is 1. The summed E-state index contributed by atoms with van der Waals surface area (Å²) in [7, 11) is 0. The molecule has 0 heterocycles. The number of ether oxygens (including phenoxy) is 1. The molecule has 0 spiro atoms. The SMILES string of the molecule is CC[C@@](CO)(C(=O)OC(c1ccccc1)c1ccccc1)[N+](=O)[O-]. The van der Waals surface area contributed by atoms with Gasteiger partial charge in [-0.05, 0) is 11.1 Å². The van der Waals surface area contributed by atoms with E-state index in [1.54, 1.807) is 48.5 Å². The van der Waals surface area contributed by atoms with E-state index in [4.69, 9.17) is 4.74 Å². The normalized spacial score (nSPS) is 13.3. The standard InChI is InChI=1S/C18H19NO5/c1-2-18(13-20,19(22)23)17(21)24-16(14-9-5-3-6-10-14)15-11-7-4-8-12-15/h3-12,16,20H,2,13H2,1H3/t18-/m1/s1. The highest BCUT2D eigenvalue weighted by atomic mass is 16.6. The molecule has 0 saturated carbocycles. The molecule has 1 N–H and O–H groups in total. The fourth-order valence-electron chi connectivity index (χ4n) is 2.38. The van der Waals surface area contributed by atoms with Gasteiger partial charge in [0.15, 0.2) is 6.10 Å². The third kappa shape index (κ3) is 3.44. The second-order valence-corrected chi connectivity index (χ2v) is 5.41. The van der Waals surface area contributed by atoms with E-state index < -0.39 is 29.1 Å². The Morgan fingerprint density at radius 1 is 1.12 bits per heavy atom. The van der Waals surface area contributed by atoms with Gasteiger partial charge in [-0.25, -0.2) is 4.79 Å². The fourth-order valence-corrected chi connectivity index (χ4v) is 2.38. The third-order valence-electron chi connectivity index (χ3n) is 4.01. The Kier molecular flexibility index (Phi) is 5.65. The van der Waals surface area contributed by atoms with Crippen LogP contribution >= 0.6 is 0 Å². The lowest BCUT2D eigenvalue weighted by atomic mass is 9.97. The largest absolute Gasteiger partial charge is 0.447 e. The number of aliphatic hydroxyl groups is 1. The lowest BCUT2D eigenvalue weighted by Gasteiger charge is -2.24. The Bertz CT molecular complexity index is 644. The van der Waals surface area contributed by atoms with Gasteiger partial charge in [-0.3, -0.25) is 10.1 Å². The summed E-state index contributed by atoms with van der Waals surface area (Å²) in [5.74, 6) is -1.05. The van der Waals surface area contributed by atoms with Gasteiger partial charge in [-0.2, -0.15) is 0 Å². The van der Waals surface area contributed by atoms with E-state index in [1.807, 2.05) is 12.1 Å². The number of rotatable bonds is 7. The molecule has 0 amide bonds. The van der Waals surface area contributed by atoms with E-state index in [9.17, 15) is 20.0 Å². The van der Waals surface area contributed by atoms with E-state index in [0.717, 1.165) is 0 Å². The molecule has 0 saturated heterocycles. The first kappa shape index (κ1) is 17.6. The molecule has 0 aliphatic heterocycles. The van der Waals surface area contributed by atoms with Gasteiger partial charge in [-0.1, -0.05) is 67.6 Å². The highest BCUT2D eigenvalue weighted by Gasteiger charge is 2.51. The quantitative estimate of drug-likeness (QED) is 0.479. The first-order valence-corrected chi connectivity index (χ1v) is 7.61. The Balaban J connectivity index is 2.39. The van der Waals surface area contributed by atoms with Crippen LogP contribution in [0.2, 0.25) is 0 Å². The van der Waals surface area contributed by atoms with Crippen molar-refractivity contribution < 1.29 is 19.6 Å². The van der Waals surface area contributed by atoms with Crippen molar-refractivity contribution in [2.75, 3.05) is 6.61 Å². The van der Waals surface area contributed by atoms with Gasteiger partial charge in [0.1, 0.15) is 6.61 Å². The molecule has 6 nitrogen and oxygen atoms in total. The van der Waals surface area contributed by atoms with E-state index in [0.29, 0.717) is 11.1 Å². The number of hydrogen-bond donors (Lipinski definition) is 1. The molecule has 0 aliphatic rings. The zero-order valence-electron chi connectivity index (χ0n) is 13.3. The van der Waals surface area contributed by atoms with Crippen molar-refractivity contribution in [1.82, 2.24) is 0 Å². The molecule has 0 unspecified atom stereocenters. The minimum Gasteiger partial charge on any atom is -0.447 e. The molecule has 24 heavy (non-hydrogen) atoms. The van der Waals surface area contributed by atoms with Crippen molar-refractivity contribution in [3.8, 4) is 0 Å². The molecule has 2 aromatic carbocycles. The van der Waals surface area contributed by atoms with E-state index >= 15 is 0 Å². The van der Waals surface area contributed by atoms with Crippen LogP contribution in [0.1, 0.15) is 30.6 Å². The van der Waals surface area contributed by atoms with Gasteiger partial charge >= 0.3 is 11.5 Å². The summed E-state index contributed by atoms with van der Waals surface area (Å²) in [4.78, 5) is 23.1. The summed E-state index contributed by atoms with van der Waals surface area (Å²) < 4.78 is 5.49. The summed E-state index contributed by atoms with van der Waals surface area (Å²) in [6.07, 6.45) is -0.941. The van der Waals surface area contributed by atoms with Gasteiger partial charge in [0.05, 0.1) is 0 Å². The summed E-state index contributed by atoms with van der Waals surface area (Å²) in [5, 5.41) is 20.8. The number of benzene rings is 2. The molecule has 2 rings (SSSR count). The van der Waals surface area contributed by atoms with Crippen molar-refractivity contribution in [1.29, 1.82) is 0 Å². The number of carbonyl (C=O) groups excluding carboxylic acids is 1. The van der Waals surface area contributed by atoms with Crippen molar-refractivity contribution in [3.05, 3.63) is 81.9 Å². The molecule has 0 bridgehead atoms. The number of nitrogens with zero attached hydrogens (tertiary/aromatic N) is 1. The summed E-state index contributed by atoms with van der Waals surface area (Å²) in [6, 6.07) is 18.0. The van der Waals surface area contributed by atoms with Crippen LogP contribution < -0.4 is 0 Å². The second-order valence-electron chi connectivity index (χ2n) is 5.41. The maximum absolute atomic E-state index is 12.5. The lowest BCUT2D eigenvalue weighted by Crippen LogP contribution is -2.50. The Labute approximate surface area is 139 Å². The van der Waals surface area contributed by atoms with E-state index in [-0.39, 0.29) is 6.42 Å². The van der Waals surface area contributed by atoms with Crippen LogP contribution in [0, 0.1) is 10.1 Å². The van der Waals surface area contributed by atoms with Crippen molar-refractivity contribution >= 4 is 5.97 Å². The molecule has 0 aliphatic carbocycles. The molecule has 6 heteroatoms. The molecular formula is C18H19NO5. The number of aliphatic hydroxyl groups excluding tert-OH is 1. The van der Waals surface area contributed by atoms with Crippen LogP contribution in [0.3, 0.4) is 0 Å². The smallest absolute Gasteiger partial charge is 0.388 e. The Morgan fingerprint density at radius 3 is 1.92 bits per heavy atom. The first-order valence-electron chi connectivity index (χ1n) is 7.61. The third-order valence-corrected chi connectivity index (χ3v) is 4.01. The molecule has 0 radical (unpaired) electrons. The molecule has 126 valence electrons. The monoisotopic (exact) mass is 329 g/mol. The Morgan fingerprint density at radius 2 is 1.58 bits per heavy atom. The minimum atomic E-state index is -2.15. The van der Waals surface area contributed by atoms with E-state index in [2.05, 4.69) is 0 Å². The summed E-state index contributed by atoms with van der Waals surface area (Å²) >= 11 is 0. The highest BCUT2D eigenvalue weighted by molar-refractivity contribution is 5.80. The lowest BCUT2D eigenvalue weighted by molar-refractivity contribution is -0.559. The number of hydrogen-bond acceptors (Lipinski definition) is 5. The topological polar surface area (TPSA) is 89.7 Å². The molecule has 0 aromatic heterocycles. The molecule has 1 atom stereocenters. The van der Waals surface area contributed by atoms with Gasteiger partial charge in [0.2, 0.25) is 0 Å². The van der Waals surface area contributed by atoms with Gasteiger partial charge in [-0.15, -0.1) is 0 Å². The van der Waals surface area contributed by atoms with Gasteiger partial charge < -0.3 is 9.84 Å². The molecule has 2 aromatic rings. The fraction of sp³-hybridized carbons (Fsp3) is 0.278. The summed E-state index contributed by atoms with van der Waals surface area (Å²) in [5.41, 5.74) is -0.756. The van der Waals surface area contributed by atoms with Crippen LogP contribution in [0.15, 0.2) is 60.7 Å². The van der Waals surface area contributed by atoms with Crippen molar-refractivity contribution in [3.63, 3.8) is 0 Å². The molecule has 0 fully saturated rings. The average Bonchev–Trinajstić information content (AvgIpc) is 2.62. The van der Waals surface area contributed by atoms with Gasteiger partial charge in [0, 0.05) is 11.3 Å². The highest BCUT2D eigenvalue weighted by Crippen LogP contribution is 2.29. The molecular weight excluding hydrogens is 310 g/mol. The number of carbonyl (C=O) groups is 1. The second kappa shape index (κ2) is 7.70. The Hall–Kier alpha value is -2.73. The predicted molar refractivity (Wildman–Crippen MR) is 87.9 cm³/mol. The van der Waals surface area contributed by atoms with Crippen LogP contribution in [0.25, 0.3) is 0 Å². The van der Waals surface area contributed by atoms with Crippen LogP contribution in [-0.4, -0.2) is 28.1 Å². The first-order chi connectivity index (χ1) is 11.5. The van der Waals surface area contributed by atoms with Crippen molar-refractivity contribution in [2.45, 2.75) is 25.0 Å². The van der Waals surface area contributed by atoms with E-state index in [1.165, 1.54) is 6.92 Å². The van der Waals surface area contributed by atoms with Gasteiger partial charge in [0.25, 0.3) is 0 Å². The van der Waals surface area contributed by atoms with Crippen molar-refractivity contribution in [2.24, 2.45) is 0 Å². The zero-order chi connectivity index (χ0) is 17.6. The van der Waals surface area contributed by atoms with Crippen LogP contribution in [0.4, 0.5) is 0 Å². The summed E-state index contributed by atoms with van der Waals surface area (Å²) in [6.45, 7) is 0.561. The van der Waals surface area contributed by atoms with Crippen LogP contribution in [0.5, 0.6) is 0 Å². The van der Waals surface area contributed by atoms with Crippen LogP contribution in [-0.2, 0) is 9.53 Å². The minimum absolute atomic E-state index is 0.161. The zero-order valence-corrected chi connectivity index (χ0v) is 13.3. The maximum atomic E-state index is 12.5.